The molecule has 0 radical (unpaired) electrons. The first-order valence-electron chi connectivity index (χ1n) is 8.64. The molecule has 2 aromatic rings. The largest absolute Gasteiger partial charge is 0.378 e. The van der Waals surface area contributed by atoms with Crippen molar-refractivity contribution >= 4 is 35.1 Å². The number of anilines is 1. The Balaban J connectivity index is 1.48. The topological polar surface area (TPSA) is 54.5 Å². The van der Waals surface area contributed by atoms with E-state index in [1.165, 1.54) is 0 Å². The number of ether oxygens (including phenoxy) is 1. The highest BCUT2D eigenvalue weighted by molar-refractivity contribution is 7.99. The van der Waals surface area contributed by atoms with Crippen LogP contribution >= 0.6 is 23.4 Å². The molecule has 1 aromatic heterocycles. The molecule has 1 fully saturated rings. The van der Waals surface area contributed by atoms with Gasteiger partial charge < -0.3 is 15.0 Å². The third-order valence-corrected chi connectivity index (χ3v) is 5.59. The average Bonchev–Trinajstić information content (AvgIpc) is 2.69. The van der Waals surface area contributed by atoms with Crippen LogP contribution in [-0.2, 0) is 16.1 Å². The molecule has 7 heteroatoms. The summed E-state index contributed by atoms with van der Waals surface area (Å²) in [4.78, 5) is 19.9. The van der Waals surface area contributed by atoms with Crippen molar-refractivity contribution in [2.24, 2.45) is 0 Å². The molecular formula is C19H22ClN3O2S. The maximum atomic E-state index is 12.2. The molecule has 0 saturated carbocycles. The zero-order valence-corrected chi connectivity index (χ0v) is 16.1. The van der Waals surface area contributed by atoms with E-state index in [4.69, 9.17) is 16.3 Å². The summed E-state index contributed by atoms with van der Waals surface area (Å²) in [6.07, 6.45) is 2.24. The van der Waals surface area contributed by atoms with Gasteiger partial charge in [-0.05, 0) is 18.2 Å². The summed E-state index contributed by atoms with van der Waals surface area (Å²) < 4.78 is 5.40. The quantitative estimate of drug-likeness (QED) is 0.733. The summed E-state index contributed by atoms with van der Waals surface area (Å²) in [6.45, 7) is 3.55. The van der Waals surface area contributed by atoms with Crippen LogP contribution in [0.25, 0.3) is 0 Å². The lowest BCUT2D eigenvalue weighted by atomic mass is 10.2. The molecule has 3 rings (SSSR count). The maximum Gasteiger partial charge on any atom is 0.221 e. The first-order chi connectivity index (χ1) is 12.7. The van der Waals surface area contributed by atoms with Gasteiger partial charge in [0, 0.05) is 48.5 Å². The molecule has 0 aliphatic carbocycles. The second kappa shape index (κ2) is 9.80. The fourth-order valence-corrected chi connectivity index (χ4v) is 3.91. The van der Waals surface area contributed by atoms with E-state index in [-0.39, 0.29) is 5.91 Å². The highest BCUT2D eigenvalue weighted by Gasteiger charge is 2.16. The second-order valence-electron chi connectivity index (χ2n) is 5.89. The molecule has 138 valence electrons. The number of carbonyl (C=O) groups is 1. The third kappa shape index (κ3) is 5.37. The summed E-state index contributed by atoms with van der Waals surface area (Å²) in [5.41, 5.74) is 1.03. The lowest BCUT2D eigenvalue weighted by Crippen LogP contribution is -2.37. The van der Waals surface area contributed by atoms with E-state index in [1.807, 2.05) is 36.4 Å². The maximum absolute atomic E-state index is 12.2. The molecule has 1 aliphatic heterocycles. The van der Waals surface area contributed by atoms with E-state index < -0.39 is 0 Å². The second-order valence-corrected chi connectivity index (χ2v) is 7.44. The Morgan fingerprint density at radius 3 is 2.85 bits per heavy atom. The number of hydrogen-bond donors (Lipinski definition) is 1. The summed E-state index contributed by atoms with van der Waals surface area (Å²) in [7, 11) is 0. The van der Waals surface area contributed by atoms with Crippen LogP contribution in [0.2, 0.25) is 5.02 Å². The predicted octanol–water partition coefficient (Wildman–Crippen LogP) is 3.37. The molecule has 1 saturated heterocycles. The van der Waals surface area contributed by atoms with Crippen molar-refractivity contribution in [3.05, 3.63) is 53.2 Å². The first-order valence-corrected chi connectivity index (χ1v) is 10.0. The number of nitrogens with zero attached hydrogens (tertiary/aromatic N) is 2. The van der Waals surface area contributed by atoms with Crippen LogP contribution in [0.15, 0.2) is 47.5 Å². The Morgan fingerprint density at radius 2 is 2.04 bits per heavy atom. The predicted molar refractivity (Wildman–Crippen MR) is 106 cm³/mol. The number of nitrogens with one attached hydrogen (secondary N) is 1. The molecule has 26 heavy (non-hydrogen) atoms. The Labute approximate surface area is 163 Å². The number of halogens is 1. The zero-order valence-electron chi connectivity index (χ0n) is 14.5. The van der Waals surface area contributed by atoms with Crippen molar-refractivity contribution < 1.29 is 9.53 Å². The normalized spacial score (nSPS) is 14.3. The summed E-state index contributed by atoms with van der Waals surface area (Å²) >= 11 is 7.73. The fourth-order valence-electron chi connectivity index (χ4n) is 2.73. The molecule has 5 nitrogen and oxygen atoms in total. The number of carbonyl (C=O) groups excluding carboxylic acids is 1. The number of rotatable bonds is 7. The number of morpholine rings is 1. The van der Waals surface area contributed by atoms with Gasteiger partial charge in [0.25, 0.3) is 0 Å². The molecule has 0 spiro atoms. The minimum Gasteiger partial charge on any atom is -0.378 e. The minimum atomic E-state index is 0.0290. The molecule has 0 bridgehead atoms. The molecule has 1 aliphatic rings. The van der Waals surface area contributed by atoms with Crippen LogP contribution in [0.1, 0.15) is 12.0 Å². The Hall–Kier alpha value is -1.76. The molecule has 2 heterocycles. The zero-order chi connectivity index (χ0) is 18.2. The van der Waals surface area contributed by atoms with Gasteiger partial charge in [0.05, 0.1) is 18.2 Å². The monoisotopic (exact) mass is 391 g/mol. The van der Waals surface area contributed by atoms with Gasteiger partial charge >= 0.3 is 0 Å². The van der Waals surface area contributed by atoms with E-state index in [0.29, 0.717) is 31.9 Å². The number of aromatic nitrogens is 1. The van der Waals surface area contributed by atoms with Gasteiger partial charge in [-0.1, -0.05) is 29.8 Å². The highest BCUT2D eigenvalue weighted by Crippen LogP contribution is 2.26. The van der Waals surface area contributed by atoms with Gasteiger partial charge in [-0.25, -0.2) is 4.98 Å². The van der Waals surface area contributed by atoms with Gasteiger partial charge in [-0.15, -0.1) is 11.8 Å². The molecule has 0 atom stereocenters. The molecule has 1 amide bonds. The summed E-state index contributed by atoms with van der Waals surface area (Å²) in [5, 5.41) is 3.72. The van der Waals surface area contributed by atoms with E-state index in [0.717, 1.165) is 34.4 Å². The number of amides is 1. The van der Waals surface area contributed by atoms with Crippen molar-refractivity contribution in [2.45, 2.75) is 17.9 Å². The van der Waals surface area contributed by atoms with Crippen LogP contribution in [0.5, 0.6) is 0 Å². The van der Waals surface area contributed by atoms with E-state index >= 15 is 0 Å². The Kier molecular flexibility index (Phi) is 7.17. The van der Waals surface area contributed by atoms with Crippen LogP contribution in [-0.4, -0.2) is 42.9 Å². The average molecular weight is 392 g/mol. The van der Waals surface area contributed by atoms with E-state index in [1.54, 1.807) is 18.0 Å². The standard InChI is InChI=1S/C19H22ClN3O2S/c20-16-5-1-2-6-17(16)26-13-7-18(24)22-14-15-4-3-8-21-19(15)23-9-11-25-12-10-23/h1-6,8H,7,9-14H2,(H,22,24). The number of thioether (sulfide) groups is 1. The molecule has 1 aromatic carbocycles. The highest BCUT2D eigenvalue weighted by atomic mass is 35.5. The lowest BCUT2D eigenvalue weighted by Gasteiger charge is -2.29. The third-order valence-electron chi connectivity index (χ3n) is 4.08. The van der Waals surface area contributed by atoms with Crippen LogP contribution in [0.4, 0.5) is 5.82 Å². The molecule has 1 N–H and O–H groups in total. The van der Waals surface area contributed by atoms with Gasteiger partial charge in [0.1, 0.15) is 5.82 Å². The summed E-state index contributed by atoms with van der Waals surface area (Å²) in [5.74, 6) is 1.65. The minimum absolute atomic E-state index is 0.0290. The fraction of sp³-hybridized carbons (Fsp3) is 0.368. The van der Waals surface area contributed by atoms with Crippen molar-refractivity contribution in [3.63, 3.8) is 0 Å². The number of benzene rings is 1. The van der Waals surface area contributed by atoms with Crippen LogP contribution in [0.3, 0.4) is 0 Å². The SMILES string of the molecule is O=C(CCSc1ccccc1Cl)NCc1cccnc1N1CCOCC1. The van der Waals surface area contributed by atoms with Crippen LogP contribution in [0, 0.1) is 0 Å². The number of hydrogen-bond acceptors (Lipinski definition) is 5. The van der Waals surface area contributed by atoms with E-state index in [2.05, 4.69) is 15.2 Å². The van der Waals surface area contributed by atoms with Crippen LogP contribution < -0.4 is 10.2 Å². The summed E-state index contributed by atoms with van der Waals surface area (Å²) in [6, 6.07) is 11.6. The molecule has 0 unspecified atom stereocenters. The van der Waals surface area contributed by atoms with Gasteiger partial charge in [-0.3, -0.25) is 4.79 Å². The van der Waals surface area contributed by atoms with Gasteiger partial charge in [0.15, 0.2) is 0 Å². The lowest BCUT2D eigenvalue weighted by molar-refractivity contribution is -0.120. The Bertz CT molecular complexity index is 738. The first kappa shape index (κ1) is 19.0. The van der Waals surface area contributed by atoms with E-state index in [9.17, 15) is 4.79 Å². The number of pyridine rings is 1. The van der Waals surface area contributed by atoms with Gasteiger partial charge in [-0.2, -0.15) is 0 Å². The Morgan fingerprint density at radius 1 is 1.23 bits per heavy atom. The van der Waals surface area contributed by atoms with Crippen molar-refractivity contribution in [1.29, 1.82) is 0 Å². The van der Waals surface area contributed by atoms with Gasteiger partial charge in [0.2, 0.25) is 5.91 Å². The van der Waals surface area contributed by atoms with Crippen molar-refractivity contribution in [2.75, 3.05) is 37.0 Å². The molecular weight excluding hydrogens is 370 g/mol. The van der Waals surface area contributed by atoms with Crippen molar-refractivity contribution in [3.8, 4) is 0 Å². The van der Waals surface area contributed by atoms with Crippen molar-refractivity contribution in [1.82, 2.24) is 10.3 Å². The smallest absolute Gasteiger partial charge is 0.221 e.